The van der Waals surface area contributed by atoms with Crippen LogP contribution in [0.3, 0.4) is 0 Å². The first-order valence-electron chi connectivity index (χ1n) is 9.53. The maximum Gasteiger partial charge on any atom is 0.248 e. The Bertz CT molecular complexity index is 819. The molecule has 0 atom stereocenters. The van der Waals surface area contributed by atoms with Crippen molar-refractivity contribution in [3.05, 3.63) is 59.1 Å². The molecule has 0 unspecified atom stereocenters. The van der Waals surface area contributed by atoms with Gasteiger partial charge in [-0.3, -0.25) is 14.5 Å². The lowest BCUT2D eigenvalue weighted by molar-refractivity contribution is -0.122. The van der Waals surface area contributed by atoms with Crippen LogP contribution in [0.2, 0.25) is 5.02 Å². The fraction of sp³-hybridized carbons (Fsp3) is 0.333. The molecule has 29 heavy (non-hydrogen) atoms. The number of carbonyl (C=O) groups excluding carboxylic acids is 2. The molecular weight excluding hydrogens is 392 g/mol. The first-order chi connectivity index (χ1) is 14.0. The number of hydrogen-bond acceptors (Lipinski definition) is 5. The third-order valence-electron chi connectivity index (χ3n) is 4.76. The lowest BCUT2D eigenvalue weighted by Gasteiger charge is -2.35. The summed E-state index contributed by atoms with van der Waals surface area (Å²) < 4.78 is 5.57. The van der Waals surface area contributed by atoms with Crippen molar-refractivity contribution >= 4 is 29.1 Å². The van der Waals surface area contributed by atoms with E-state index < -0.39 is 5.91 Å². The number of nitrogens with two attached hydrogens (primary N) is 1. The van der Waals surface area contributed by atoms with Gasteiger partial charge in [0.1, 0.15) is 12.4 Å². The number of benzene rings is 2. The number of nitrogens with one attached hydrogen (secondary N) is 1. The van der Waals surface area contributed by atoms with Gasteiger partial charge in [0.15, 0.2) is 0 Å². The van der Waals surface area contributed by atoms with Crippen molar-refractivity contribution in [1.82, 2.24) is 10.2 Å². The lowest BCUT2D eigenvalue weighted by atomic mass is 10.1. The molecule has 0 saturated carbocycles. The maximum atomic E-state index is 12.1. The van der Waals surface area contributed by atoms with Gasteiger partial charge in [0, 0.05) is 42.5 Å². The van der Waals surface area contributed by atoms with Crippen LogP contribution >= 0.6 is 11.6 Å². The molecule has 8 heteroatoms. The van der Waals surface area contributed by atoms with Gasteiger partial charge in [-0.05, 0) is 48.5 Å². The number of hydrogen-bond donors (Lipinski definition) is 2. The van der Waals surface area contributed by atoms with E-state index in [1.165, 1.54) is 0 Å². The van der Waals surface area contributed by atoms with E-state index in [1.807, 2.05) is 12.1 Å². The Balaban J connectivity index is 1.34. The zero-order valence-corrected chi connectivity index (χ0v) is 16.9. The van der Waals surface area contributed by atoms with Crippen molar-refractivity contribution in [1.29, 1.82) is 0 Å². The lowest BCUT2D eigenvalue weighted by Crippen LogP contribution is -2.49. The molecule has 1 saturated heterocycles. The molecule has 0 aliphatic carbocycles. The Morgan fingerprint density at radius 2 is 1.66 bits per heavy atom. The molecule has 2 aromatic carbocycles. The van der Waals surface area contributed by atoms with Crippen LogP contribution in [0.5, 0.6) is 5.75 Å². The van der Waals surface area contributed by atoms with Crippen LogP contribution in [0, 0.1) is 0 Å². The molecule has 1 aliphatic heterocycles. The Morgan fingerprint density at radius 1 is 1.00 bits per heavy atom. The van der Waals surface area contributed by atoms with Gasteiger partial charge >= 0.3 is 0 Å². The first kappa shape index (κ1) is 21.0. The first-order valence-corrected chi connectivity index (χ1v) is 9.91. The van der Waals surface area contributed by atoms with Crippen LogP contribution < -0.4 is 20.7 Å². The number of piperazine rings is 1. The van der Waals surface area contributed by atoms with Gasteiger partial charge in [-0.25, -0.2) is 0 Å². The van der Waals surface area contributed by atoms with E-state index in [1.54, 1.807) is 36.4 Å². The standard InChI is InChI=1S/C21H25ClN4O3/c22-17-3-7-19(8-4-17)29-14-9-24-20(27)15-25-10-12-26(13-11-25)18-5-1-16(2-6-18)21(23)28/h1-8H,9-15H2,(H2,23,28)(H,24,27). The number of primary amides is 1. The van der Waals surface area contributed by atoms with E-state index in [2.05, 4.69) is 15.1 Å². The van der Waals surface area contributed by atoms with Crippen LogP contribution in [0.25, 0.3) is 0 Å². The summed E-state index contributed by atoms with van der Waals surface area (Å²) in [5.74, 6) is 0.290. The molecule has 154 valence electrons. The van der Waals surface area contributed by atoms with E-state index in [-0.39, 0.29) is 5.91 Å². The number of rotatable bonds is 8. The van der Waals surface area contributed by atoms with Gasteiger partial charge in [0.25, 0.3) is 0 Å². The number of nitrogens with zero attached hydrogens (tertiary/aromatic N) is 2. The highest BCUT2D eigenvalue weighted by molar-refractivity contribution is 6.30. The molecule has 7 nitrogen and oxygen atoms in total. The predicted molar refractivity (Wildman–Crippen MR) is 114 cm³/mol. The normalized spacial score (nSPS) is 14.4. The minimum atomic E-state index is -0.425. The smallest absolute Gasteiger partial charge is 0.248 e. The molecule has 3 N–H and O–H groups in total. The number of anilines is 1. The summed E-state index contributed by atoms with van der Waals surface area (Å²) in [4.78, 5) is 27.7. The van der Waals surface area contributed by atoms with Crippen molar-refractivity contribution in [2.45, 2.75) is 0 Å². The second-order valence-electron chi connectivity index (χ2n) is 6.83. The van der Waals surface area contributed by atoms with Crippen molar-refractivity contribution in [2.24, 2.45) is 5.73 Å². The van der Waals surface area contributed by atoms with Gasteiger partial charge in [-0.2, -0.15) is 0 Å². The summed E-state index contributed by atoms with van der Waals surface area (Å²) in [6.07, 6.45) is 0. The highest BCUT2D eigenvalue weighted by Crippen LogP contribution is 2.17. The van der Waals surface area contributed by atoms with Crippen molar-refractivity contribution in [3.63, 3.8) is 0 Å². The molecule has 2 aromatic rings. The largest absolute Gasteiger partial charge is 0.492 e. The van der Waals surface area contributed by atoms with E-state index in [0.29, 0.717) is 30.3 Å². The molecule has 1 fully saturated rings. The van der Waals surface area contributed by atoms with Gasteiger partial charge < -0.3 is 20.7 Å². The summed E-state index contributed by atoms with van der Waals surface area (Å²) in [5.41, 5.74) is 6.83. The van der Waals surface area contributed by atoms with Crippen LogP contribution in [0.4, 0.5) is 5.69 Å². The number of carbonyl (C=O) groups is 2. The Labute approximate surface area is 175 Å². The molecule has 2 amide bonds. The van der Waals surface area contributed by atoms with Crippen LogP contribution in [0.15, 0.2) is 48.5 Å². The zero-order chi connectivity index (χ0) is 20.6. The third kappa shape index (κ3) is 6.37. The number of halogens is 1. The Morgan fingerprint density at radius 3 is 2.28 bits per heavy atom. The highest BCUT2D eigenvalue weighted by atomic mass is 35.5. The molecule has 0 bridgehead atoms. The highest BCUT2D eigenvalue weighted by Gasteiger charge is 2.19. The predicted octanol–water partition coefficient (Wildman–Crippen LogP) is 1.76. The topological polar surface area (TPSA) is 87.9 Å². The van der Waals surface area contributed by atoms with E-state index in [9.17, 15) is 9.59 Å². The zero-order valence-electron chi connectivity index (χ0n) is 16.1. The summed E-state index contributed by atoms with van der Waals surface area (Å²) in [6.45, 7) is 4.47. The molecular formula is C21H25ClN4O3. The van der Waals surface area contributed by atoms with Gasteiger partial charge in [0.05, 0.1) is 13.1 Å². The molecule has 0 radical (unpaired) electrons. The quantitative estimate of drug-likeness (QED) is 0.640. The Kier molecular flexibility index (Phi) is 7.32. The van der Waals surface area contributed by atoms with Crippen molar-refractivity contribution < 1.29 is 14.3 Å². The second kappa shape index (κ2) is 10.1. The monoisotopic (exact) mass is 416 g/mol. The SMILES string of the molecule is NC(=O)c1ccc(N2CCN(CC(=O)NCCOc3ccc(Cl)cc3)CC2)cc1. The van der Waals surface area contributed by atoms with Gasteiger partial charge in [0.2, 0.25) is 11.8 Å². The minimum Gasteiger partial charge on any atom is -0.492 e. The van der Waals surface area contributed by atoms with E-state index in [4.69, 9.17) is 22.1 Å². The summed E-state index contributed by atoms with van der Waals surface area (Å²) in [6, 6.07) is 14.4. The summed E-state index contributed by atoms with van der Waals surface area (Å²) >= 11 is 5.83. The van der Waals surface area contributed by atoms with Crippen LogP contribution in [-0.2, 0) is 4.79 Å². The van der Waals surface area contributed by atoms with Gasteiger partial charge in [-0.1, -0.05) is 11.6 Å². The van der Waals surface area contributed by atoms with Crippen LogP contribution in [0.1, 0.15) is 10.4 Å². The number of amides is 2. The molecule has 0 spiro atoms. The molecule has 1 heterocycles. The molecule has 0 aromatic heterocycles. The molecule has 1 aliphatic rings. The fourth-order valence-corrected chi connectivity index (χ4v) is 3.28. The van der Waals surface area contributed by atoms with E-state index >= 15 is 0 Å². The van der Waals surface area contributed by atoms with E-state index in [0.717, 1.165) is 37.6 Å². The van der Waals surface area contributed by atoms with Crippen molar-refractivity contribution in [2.75, 3.05) is 50.8 Å². The average molecular weight is 417 g/mol. The average Bonchev–Trinajstić information content (AvgIpc) is 2.73. The van der Waals surface area contributed by atoms with Crippen molar-refractivity contribution in [3.8, 4) is 5.75 Å². The summed E-state index contributed by atoms with van der Waals surface area (Å²) in [7, 11) is 0. The maximum absolute atomic E-state index is 12.1. The summed E-state index contributed by atoms with van der Waals surface area (Å²) in [5, 5.41) is 3.54. The van der Waals surface area contributed by atoms with Crippen LogP contribution in [-0.4, -0.2) is 62.6 Å². The van der Waals surface area contributed by atoms with Gasteiger partial charge in [-0.15, -0.1) is 0 Å². The number of ether oxygens (including phenoxy) is 1. The minimum absolute atomic E-state index is 0.0102. The Hall–Kier alpha value is -2.77. The molecule has 3 rings (SSSR count). The second-order valence-corrected chi connectivity index (χ2v) is 7.26. The third-order valence-corrected chi connectivity index (χ3v) is 5.02. The fourth-order valence-electron chi connectivity index (χ4n) is 3.15.